The number of hydrogen-bond donors (Lipinski definition) is 0. The second-order valence-corrected chi connectivity index (χ2v) is 37.4. The third-order valence-corrected chi connectivity index (χ3v) is 24.9. The molecule has 8 fully saturated rings. The topological polar surface area (TPSA) is 565 Å². The van der Waals surface area contributed by atoms with E-state index in [1.165, 1.54) is 73.8 Å². The maximum atomic E-state index is 13.4. The van der Waals surface area contributed by atoms with Crippen LogP contribution in [0.25, 0.3) is 0 Å². The molecule has 0 heterocycles. The third kappa shape index (κ3) is 43.1. The molecule has 0 aliphatic heterocycles. The van der Waals surface area contributed by atoms with Gasteiger partial charge in [0.25, 0.3) is 0 Å². The molecule has 0 aromatic heterocycles. The highest BCUT2D eigenvalue weighted by Gasteiger charge is 2.59. The molecule has 0 spiro atoms. The maximum absolute atomic E-state index is 13.4. The summed E-state index contributed by atoms with van der Waals surface area (Å²) in [6.07, 6.45) is 15.7. The van der Waals surface area contributed by atoms with Crippen molar-refractivity contribution in [1.82, 2.24) is 0 Å². The zero-order valence-corrected chi connectivity index (χ0v) is 81.3. The van der Waals surface area contributed by atoms with Crippen LogP contribution in [0.15, 0.2) is 170 Å². The summed E-state index contributed by atoms with van der Waals surface area (Å²) in [7, 11) is 0. The Balaban J connectivity index is 0.000000243. The van der Waals surface area contributed by atoms with Crippen LogP contribution in [-0.2, 0) is 191 Å². The van der Waals surface area contributed by atoms with E-state index >= 15 is 0 Å². The van der Waals surface area contributed by atoms with Crippen molar-refractivity contribution in [3.8, 4) is 11.5 Å². The van der Waals surface area contributed by atoms with Crippen LogP contribution in [-0.4, -0.2) is 163 Å². The number of halogens is 12. The molecule has 816 valence electrons. The van der Waals surface area contributed by atoms with Gasteiger partial charge in [-0.05, 0) is 189 Å². The molecular formula is C88H86F12O42S6-6. The van der Waals surface area contributed by atoms with E-state index in [9.17, 15) is 142 Å². The Labute approximate surface area is 855 Å². The fourth-order valence-corrected chi connectivity index (χ4v) is 18.4. The predicted octanol–water partition coefficient (Wildman–Crippen LogP) is 9.74. The van der Waals surface area contributed by atoms with E-state index in [0.29, 0.717) is 36.7 Å². The van der Waals surface area contributed by atoms with Gasteiger partial charge in [0.1, 0.15) is 90.4 Å². The Bertz CT molecular complexity index is 5120. The summed E-state index contributed by atoms with van der Waals surface area (Å²) in [6, 6.07) is 50.8. The van der Waals surface area contributed by atoms with Crippen LogP contribution in [0.4, 0.5) is 52.7 Å². The SMILES string of the molecule is Cc1ccc(C23CC4CC(CC(COC(=O)COC(=O)C(F)(F)SOO[O-])(C4)C2)C3)cc1.O=C(COC(=O)C(F)(F)SOO[O-])OCCCc1ccccc1.O=C(COC(=O)C(F)(F)SOO[O-])OCCc1ccccc1.O=C(COC(=O)C(F)(F)SOO[O-])OCc1ccccc1.O=C(COC(=O)C(F)(F)SOO[O-])Oc1ccc(C23CC4CC(CC(C4)C2)C3)cc1.O=C(COC(=O)C(F)(F)SOO[O-])Oc1ccccc1. The Morgan fingerprint density at radius 2 is 0.574 bits per heavy atom. The van der Waals surface area contributed by atoms with Crippen LogP contribution in [0.3, 0.4) is 0 Å². The van der Waals surface area contributed by atoms with E-state index in [1.54, 1.807) is 60.7 Å². The monoisotopic (exact) mass is 2230 g/mol. The number of carbonyl (C=O) groups is 12. The van der Waals surface area contributed by atoms with E-state index in [-0.39, 0.29) is 54.2 Å². The first kappa shape index (κ1) is 124. The molecule has 8 aliphatic carbocycles. The quantitative estimate of drug-likeness (QED) is 0.00501. The van der Waals surface area contributed by atoms with Gasteiger partial charge in [-0.15, -0.1) is 0 Å². The van der Waals surface area contributed by atoms with Gasteiger partial charge in [0.15, 0.2) is 39.6 Å². The van der Waals surface area contributed by atoms with Crippen molar-refractivity contribution in [3.63, 3.8) is 0 Å². The Morgan fingerprint density at radius 3 is 0.926 bits per heavy atom. The summed E-state index contributed by atoms with van der Waals surface area (Å²) in [5, 5.41) is 47.9. The fraction of sp³-hybridized carbons (Fsp3) is 0.455. The van der Waals surface area contributed by atoms with E-state index in [1.807, 2.05) is 72.8 Å². The van der Waals surface area contributed by atoms with Gasteiger partial charge in [0, 0.05) is 11.8 Å². The minimum atomic E-state index is -4.20. The average molecular weight is 2240 g/mol. The molecule has 0 N–H and O–H groups in total. The van der Waals surface area contributed by atoms with Gasteiger partial charge in [-0.3, -0.25) is 30.2 Å². The van der Waals surface area contributed by atoms with E-state index in [0.717, 1.165) is 61.0 Å². The van der Waals surface area contributed by atoms with Crippen molar-refractivity contribution in [2.45, 2.75) is 152 Å². The highest BCUT2D eigenvalue weighted by Crippen LogP contribution is 2.66. The molecule has 8 aliphatic rings. The largest absolute Gasteiger partial charge is 0.691 e. The summed E-state index contributed by atoms with van der Waals surface area (Å²) in [4.78, 5) is 135. The molecule has 14 rings (SSSR count). The number of aryl methyl sites for hydroxylation is 2. The molecule has 42 nitrogen and oxygen atoms in total. The van der Waals surface area contributed by atoms with Gasteiger partial charge in [-0.25, -0.2) is 57.5 Å². The molecule has 2 unspecified atom stereocenters. The highest BCUT2D eigenvalue weighted by molar-refractivity contribution is 7.97. The number of rotatable bonds is 51. The molecule has 0 saturated heterocycles. The zero-order chi connectivity index (χ0) is 109. The number of benzene rings is 6. The predicted molar refractivity (Wildman–Crippen MR) is 462 cm³/mol. The Morgan fingerprint density at radius 1 is 0.297 bits per heavy atom. The first-order chi connectivity index (χ1) is 70.3. The Kier molecular flexibility index (Phi) is 51.9. The van der Waals surface area contributed by atoms with Crippen molar-refractivity contribution < 1.29 is 255 Å². The molecule has 6 aromatic rings. The molecule has 8 saturated carbocycles. The number of para-hydroxylation sites is 1. The van der Waals surface area contributed by atoms with E-state index in [2.05, 4.69) is 121 Å². The van der Waals surface area contributed by atoms with Crippen LogP contribution in [0.1, 0.15) is 117 Å². The number of hydrogen-bond acceptors (Lipinski definition) is 48. The molecule has 0 amide bonds. The van der Waals surface area contributed by atoms with Crippen molar-refractivity contribution in [3.05, 3.63) is 203 Å². The number of ether oxygens (including phenoxy) is 12. The fourth-order valence-electron chi connectivity index (χ4n) is 17.0. The second-order valence-electron chi connectivity index (χ2n) is 32.5. The minimum Gasteiger partial charge on any atom is -0.691 e. The van der Waals surface area contributed by atoms with Crippen molar-refractivity contribution in [2.75, 3.05) is 59.5 Å². The molecule has 2 atom stereocenters. The van der Waals surface area contributed by atoms with E-state index in [4.69, 9.17) is 23.7 Å². The lowest BCUT2D eigenvalue weighted by Gasteiger charge is -2.62. The van der Waals surface area contributed by atoms with Gasteiger partial charge in [-0.1, -0.05) is 151 Å². The minimum absolute atomic E-state index is 0.0126. The highest BCUT2D eigenvalue weighted by atomic mass is 32.2. The molecule has 148 heavy (non-hydrogen) atoms. The molecule has 8 bridgehead atoms. The van der Waals surface area contributed by atoms with Crippen LogP contribution < -0.4 is 41.0 Å². The summed E-state index contributed by atoms with van der Waals surface area (Å²) in [5.41, 5.74) is 6.62. The average Bonchev–Trinajstić information content (AvgIpc) is 0.710. The van der Waals surface area contributed by atoms with Crippen molar-refractivity contribution >= 4 is 144 Å². The van der Waals surface area contributed by atoms with Gasteiger partial charge in [0.05, 0.1) is 19.8 Å². The summed E-state index contributed by atoms with van der Waals surface area (Å²) < 4.78 is 231. The summed E-state index contributed by atoms with van der Waals surface area (Å²) in [5.74, 6) is -14.2. The first-order valence-corrected chi connectivity index (χ1v) is 47.3. The lowest BCUT2D eigenvalue weighted by Crippen LogP contribution is -2.55. The lowest BCUT2D eigenvalue weighted by molar-refractivity contribution is -0.777. The van der Waals surface area contributed by atoms with Crippen LogP contribution in [0, 0.1) is 41.9 Å². The molecule has 6 aromatic carbocycles. The summed E-state index contributed by atoms with van der Waals surface area (Å²) >= 11 is -5.01. The smallest absolute Gasteiger partial charge is 0.415 e. The Hall–Kier alpha value is -10.5. The van der Waals surface area contributed by atoms with Gasteiger partial charge in [0.2, 0.25) is 0 Å². The lowest BCUT2D eigenvalue weighted by atomic mass is 9.43. The molecule has 0 radical (unpaired) electrons. The maximum Gasteiger partial charge on any atom is 0.415 e. The van der Waals surface area contributed by atoms with E-state index < -0.39 is 215 Å². The number of esters is 12. The second kappa shape index (κ2) is 61.7. The van der Waals surface area contributed by atoms with Crippen LogP contribution >= 0.6 is 72.3 Å². The number of carbonyl (C=O) groups excluding carboxylic acids is 12. The van der Waals surface area contributed by atoms with Crippen LogP contribution in [0.2, 0.25) is 0 Å². The van der Waals surface area contributed by atoms with Crippen LogP contribution in [0.5, 0.6) is 11.5 Å². The normalized spacial score (nSPS) is 19.1. The van der Waals surface area contributed by atoms with Crippen molar-refractivity contribution in [2.24, 2.45) is 35.0 Å². The van der Waals surface area contributed by atoms with Gasteiger partial charge >= 0.3 is 103 Å². The zero-order valence-electron chi connectivity index (χ0n) is 76.4. The molecular weight excluding hydrogens is 2150 g/mol. The van der Waals surface area contributed by atoms with Gasteiger partial charge in [-0.2, -0.15) is 78.7 Å². The standard InChI is InChI=1S/C22H26F2O7S.C20H22F2O7S.C13H14F2O7S.C12H12F2O7S.C11H10F2O7S.C10H8F2O7S/c1-14-2-4-17(5-3-14)21-9-15-6-16(10-21)8-20(7-15,12-21)13-29-18(25)11-28-19(26)22(23,24)32-31-30-27;21-20(22,30-29-28-25)18(24)26-11-17(23)27-16-3-1-15(2-4-16)19-8-12-5-13(9-19)7-14(6-12)10-19;14-13(15,23-22-21-18)12(17)20-9-11(16)19-8-4-7-10-5-2-1-3-6-10;13-12(14,22-21-20-17)11(16)19-8-10(15)18-7-6-9-4-2-1-3-5-9;12-11(13,21-20-19-16)10(15)18-7-9(14)17-6-8-4-2-1-3-5-8;11-10(12,20-19-18-15)9(14)16-6-8(13)17-7-4-2-1-3-5-7/h2-5,15-16,27H,6-13H2,1H3;1-4,12-14,25H,5-11H2;1-3,5-6,18H,4,7-9H2;1-5,17H,6-8H2;1-5,16H,6-7H2;1-5,15H,6H2/p-6. The first-order valence-electron chi connectivity index (χ1n) is 42.8. The molecule has 60 heteroatoms. The third-order valence-electron chi connectivity index (χ3n) is 21.9. The number of alkyl halides is 12. The van der Waals surface area contributed by atoms with Gasteiger partial charge < -0.3 is 88.4 Å². The summed E-state index contributed by atoms with van der Waals surface area (Å²) in [6.45, 7) is -3.71. The van der Waals surface area contributed by atoms with Crippen molar-refractivity contribution in [1.29, 1.82) is 0 Å².